The number of likely N-dealkylation sites (tertiary alicyclic amines) is 1. The standard InChI is InChI=1S/C16H14Cl2N2O3S/c17-11-1-5-13(6-2-11)19-16(21)20-9-15(10-20)24(22,23)14-7-3-12(18)4-8-14/h1-8,15H,9-10H2,(H,19,21). The summed E-state index contributed by atoms with van der Waals surface area (Å²) >= 11 is 11.6. The Hall–Kier alpha value is -1.76. The lowest BCUT2D eigenvalue weighted by Crippen LogP contribution is -2.58. The van der Waals surface area contributed by atoms with E-state index in [-0.39, 0.29) is 24.0 Å². The molecule has 1 aliphatic heterocycles. The van der Waals surface area contributed by atoms with Gasteiger partial charge in [-0.1, -0.05) is 23.2 Å². The Bertz CT molecular complexity index is 846. The molecule has 0 spiro atoms. The molecule has 1 N–H and O–H groups in total. The molecule has 1 aliphatic rings. The molecule has 126 valence electrons. The third-order valence-corrected chi connectivity index (χ3v) is 6.42. The molecule has 1 fully saturated rings. The van der Waals surface area contributed by atoms with Crippen molar-refractivity contribution in [1.82, 2.24) is 4.90 Å². The molecule has 2 aromatic rings. The van der Waals surface area contributed by atoms with E-state index < -0.39 is 15.1 Å². The van der Waals surface area contributed by atoms with Crippen molar-refractivity contribution in [1.29, 1.82) is 0 Å². The molecule has 3 rings (SSSR count). The van der Waals surface area contributed by atoms with E-state index in [1.165, 1.54) is 29.2 Å². The quantitative estimate of drug-likeness (QED) is 0.877. The van der Waals surface area contributed by atoms with Gasteiger partial charge in [-0.15, -0.1) is 0 Å². The van der Waals surface area contributed by atoms with Gasteiger partial charge in [0.1, 0.15) is 5.25 Å². The first kappa shape index (κ1) is 17.1. The van der Waals surface area contributed by atoms with Crippen LogP contribution < -0.4 is 5.32 Å². The van der Waals surface area contributed by atoms with Gasteiger partial charge in [0.15, 0.2) is 9.84 Å². The molecule has 0 bridgehead atoms. The van der Waals surface area contributed by atoms with Crippen LogP contribution in [-0.4, -0.2) is 37.7 Å². The second kappa shape index (κ2) is 6.63. The van der Waals surface area contributed by atoms with E-state index in [0.29, 0.717) is 15.7 Å². The van der Waals surface area contributed by atoms with Crippen LogP contribution in [0.2, 0.25) is 10.0 Å². The van der Waals surface area contributed by atoms with Crippen LogP contribution in [0.15, 0.2) is 53.4 Å². The van der Waals surface area contributed by atoms with Gasteiger partial charge < -0.3 is 10.2 Å². The highest BCUT2D eigenvalue weighted by Crippen LogP contribution is 2.25. The maximum atomic E-state index is 12.5. The molecule has 2 aromatic carbocycles. The minimum atomic E-state index is -3.46. The normalized spacial score (nSPS) is 15.0. The van der Waals surface area contributed by atoms with Gasteiger partial charge in [-0.05, 0) is 48.5 Å². The minimum absolute atomic E-state index is 0.157. The zero-order chi connectivity index (χ0) is 17.3. The van der Waals surface area contributed by atoms with Crippen molar-refractivity contribution in [2.24, 2.45) is 0 Å². The predicted molar refractivity (Wildman–Crippen MR) is 94.5 cm³/mol. The Morgan fingerprint density at radius 2 is 1.46 bits per heavy atom. The van der Waals surface area contributed by atoms with Crippen LogP contribution in [0.4, 0.5) is 10.5 Å². The Morgan fingerprint density at radius 1 is 0.958 bits per heavy atom. The van der Waals surface area contributed by atoms with Crippen molar-refractivity contribution >= 4 is 44.8 Å². The molecule has 0 aliphatic carbocycles. The number of anilines is 1. The van der Waals surface area contributed by atoms with Gasteiger partial charge in [-0.3, -0.25) is 0 Å². The first-order chi connectivity index (χ1) is 11.4. The van der Waals surface area contributed by atoms with E-state index >= 15 is 0 Å². The Labute approximate surface area is 150 Å². The topological polar surface area (TPSA) is 66.5 Å². The molecule has 2 amide bonds. The van der Waals surface area contributed by atoms with E-state index in [4.69, 9.17) is 23.2 Å². The summed E-state index contributed by atoms with van der Waals surface area (Å²) in [5.74, 6) is 0. The van der Waals surface area contributed by atoms with Crippen molar-refractivity contribution in [3.63, 3.8) is 0 Å². The number of hydrogen-bond donors (Lipinski definition) is 1. The number of benzene rings is 2. The number of amides is 2. The fourth-order valence-electron chi connectivity index (χ4n) is 2.35. The van der Waals surface area contributed by atoms with Gasteiger partial charge in [0.2, 0.25) is 0 Å². The van der Waals surface area contributed by atoms with Crippen molar-refractivity contribution in [2.45, 2.75) is 10.1 Å². The molecule has 0 unspecified atom stereocenters. The van der Waals surface area contributed by atoms with E-state index in [0.717, 1.165) is 0 Å². The molecule has 0 radical (unpaired) electrons. The monoisotopic (exact) mass is 384 g/mol. The maximum absolute atomic E-state index is 12.5. The molecule has 24 heavy (non-hydrogen) atoms. The highest BCUT2D eigenvalue weighted by atomic mass is 35.5. The minimum Gasteiger partial charge on any atom is -0.322 e. The van der Waals surface area contributed by atoms with E-state index in [9.17, 15) is 13.2 Å². The number of sulfone groups is 1. The summed E-state index contributed by atoms with van der Waals surface area (Å²) in [5, 5.41) is 3.16. The van der Waals surface area contributed by atoms with Crippen LogP contribution in [0.1, 0.15) is 0 Å². The number of halogens is 2. The zero-order valence-electron chi connectivity index (χ0n) is 12.4. The van der Waals surface area contributed by atoms with Gasteiger partial charge in [-0.2, -0.15) is 0 Å². The molecular weight excluding hydrogens is 371 g/mol. The summed E-state index contributed by atoms with van der Waals surface area (Å²) < 4.78 is 24.9. The number of urea groups is 1. The lowest BCUT2D eigenvalue weighted by Gasteiger charge is -2.38. The summed E-state index contributed by atoms with van der Waals surface area (Å²) in [7, 11) is -3.46. The van der Waals surface area contributed by atoms with E-state index in [2.05, 4.69) is 5.32 Å². The summed E-state index contributed by atoms with van der Waals surface area (Å²) in [6.07, 6.45) is 0. The van der Waals surface area contributed by atoms with E-state index in [1.807, 2.05) is 0 Å². The van der Waals surface area contributed by atoms with Crippen LogP contribution in [0.25, 0.3) is 0 Å². The molecular formula is C16H14Cl2N2O3S. The molecule has 1 heterocycles. The average molecular weight is 385 g/mol. The fraction of sp³-hybridized carbons (Fsp3) is 0.188. The number of hydrogen-bond acceptors (Lipinski definition) is 3. The van der Waals surface area contributed by atoms with Gasteiger partial charge >= 0.3 is 6.03 Å². The van der Waals surface area contributed by atoms with Gasteiger partial charge in [0, 0.05) is 28.8 Å². The van der Waals surface area contributed by atoms with E-state index in [1.54, 1.807) is 24.3 Å². The number of carbonyl (C=O) groups excluding carboxylic acids is 1. The number of rotatable bonds is 3. The van der Waals surface area contributed by atoms with Crippen LogP contribution in [0.5, 0.6) is 0 Å². The smallest absolute Gasteiger partial charge is 0.321 e. The summed E-state index contributed by atoms with van der Waals surface area (Å²) in [4.78, 5) is 13.8. The van der Waals surface area contributed by atoms with Crippen LogP contribution in [0.3, 0.4) is 0 Å². The first-order valence-electron chi connectivity index (χ1n) is 7.17. The Morgan fingerprint density at radius 3 is 2.00 bits per heavy atom. The molecule has 1 saturated heterocycles. The third-order valence-electron chi connectivity index (χ3n) is 3.81. The van der Waals surface area contributed by atoms with Crippen LogP contribution >= 0.6 is 23.2 Å². The molecule has 0 atom stereocenters. The average Bonchev–Trinajstić information content (AvgIpc) is 2.48. The van der Waals surface area contributed by atoms with Crippen LogP contribution in [0, 0.1) is 0 Å². The first-order valence-corrected chi connectivity index (χ1v) is 9.47. The summed E-state index contributed by atoms with van der Waals surface area (Å²) in [6.45, 7) is 0.314. The van der Waals surface area contributed by atoms with Crippen LogP contribution in [-0.2, 0) is 9.84 Å². The summed E-state index contributed by atoms with van der Waals surface area (Å²) in [6, 6.07) is 12.4. The van der Waals surface area contributed by atoms with Gasteiger partial charge in [0.25, 0.3) is 0 Å². The molecule has 8 heteroatoms. The third kappa shape index (κ3) is 3.50. The van der Waals surface area contributed by atoms with Crippen molar-refractivity contribution in [2.75, 3.05) is 18.4 Å². The van der Waals surface area contributed by atoms with Crippen molar-refractivity contribution < 1.29 is 13.2 Å². The number of nitrogens with zero attached hydrogens (tertiary/aromatic N) is 1. The van der Waals surface area contributed by atoms with Gasteiger partial charge in [-0.25, -0.2) is 13.2 Å². The molecule has 5 nitrogen and oxygen atoms in total. The second-order valence-electron chi connectivity index (χ2n) is 5.46. The largest absolute Gasteiger partial charge is 0.322 e. The Kier molecular flexibility index (Phi) is 4.71. The van der Waals surface area contributed by atoms with Gasteiger partial charge in [0.05, 0.1) is 4.90 Å². The second-order valence-corrected chi connectivity index (χ2v) is 8.56. The number of carbonyl (C=O) groups is 1. The number of nitrogens with one attached hydrogen (secondary N) is 1. The highest BCUT2D eigenvalue weighted by Gasteiger charge is 2.40. The SMILES string of the molecule is O=C(Nc1ccc(Cl)cc1)N1CC(S(=O)(=O)c2ccc(Cl)cc2)C1. The highest BCUT2D eigenvalue weighted by molar-refractivity contribution is 7.92. The molecule has 0 aromatic heterocycles. The predicted octanol–water partition coefficient (Wildman–Crippen LogP) is 3.68. The molecule has 0 saturated carbocycles. The fourth-order valence-corrected chi connectivity index (χ4v) is 4.26. The maximum Gasteiger partial charge on any atom is 0.321 e. The summed E-state index contributed by atoms with van der Waals surface area (Å²) in [5.41, 5.74) is 0.605. The lowest BCUT2D eigenvalue weighted by atomic mass is 10.2. The Balaban J connectivity index is 1.61. The zero-order valence-corrected chi connectivity index (χ0v) is 14.8. The van der Waals surface area contributed by atoms with Crippen molar-refractivity contribution in [3.05, 3.63) is 58.6 Å². The lowest BCUT2D eigenvalue weighted by molar-refractivity contribution is 0.182. The van der Waals surface area contributed by atoms with Crippen molar-refractivity contribution in [3.8, 4) is 0 Å².